The Kier molecular flexibility index (Phi) is 5.75. The minimum Gasteiger partial charge on any atom is -0.478 e. The maximum absolute atomic E-state index is 12.1. The van der Waals surface area contributed by atoms with Gasteiger partial charge in [0.05, 0.1) is 5.56 Å². The molecule has 0 atom stereocenters. The van der Waals surface area contributed by atoms with E-state index in [9.17, 15) is 9.59 Å². The number of carbonyl (C=O) groups excluding carboxylic acids is 1. The fourth-order valence-corrected chi connectivity index (χ4v) is 2.52. The van der Waals surface area contributed by atoms with Gasteiger partial charge in [-0.2, -0.15) is 5.26 Å². The highest BCUT2D eigenvalue weighted by atomic mass is 16.4. The Morgan fingerprint density at radius 3 is 2.39 bits per heavy atom. The number of nitrogens with zero attached hydrogens (tertiary/aromatic N) is 1. The van der Waals surface area contributed by atoms with Crippen LogP contribution in [0.15, 0.2) is 36.0 Å². The first kappa shape index (κ1) is 16.6. The molecule has 1 aliphatic rings. The van der Waals surface area contributed by atoms with E-state index in [-0.39, 0.29) is 23.1 Å². The summed E-state index contributed by atoms with van der Waals surface area (Å²) < 4.78 is 0. The first-order valence-corrected chi connectivity index (χ1v) is 7.61. The van der Waals surface area contributed by atoms with E-state index in [0.717, 1.165) is 25.7 Å². The second kappa shape index (κ2) is 7.99. The summed E-state index contributed by atoms with van der Waals surface area (Å²) >= 11 is 0. The Labute approximate surface area is 134 Å². The summed E-state index contributed by atoms with van der Waals surface area (Å²) in [6.07, 6.45) is 6.65. The van der Waals surface area contributed by atoms with Gasteiger partial charge in [-0.1, -0.05) is 19.3 Å². The summed E-state index contributed by atoms with van der Waals surface area (Å²) in [7, 11) is 0. The lowest BCUT2D eigenvalue weighted by atomic mass is 9.95. The van der Waals surface area contributed by atoms with Gasteiger partial charge in [-0.05, 0) is 37.1 Å². The third-order valence-corrected chi connectivity index (χ3v) is 3.82. The van der Waals surface area contributed by atoms with Gasteiger partial charge in [0.1, 0.15) is 11.6 Å². The highest BCUT2D eigenvalue weighted by Crippen LogP contribution is 2.17. The monoisotopic (exact) mass is 313 g/mol. The van der Waals surface area contributed by atoms with Crippen molar-refractivity contribution in [1.29, 1.82) is 5.26 Å². The highest BCUT2D eigenvalue weighted by Gasteiger charge is 2.17. The molecule has 3 N–H and O–H groups in total. The maximum Gasteiger partial charge on any atom is 0.335 e. The number of anilines is 1. The van der Waals surface area contributed by atoms with E-state index in [1.165, 1.54) is 24.8 Å². The lowest BCUT2D eigenvalue weighted by Gasteiger charge is -2.22. The summed E-state index contributed by atoms with van der Waals surface area (Å²) in [6, 6.07) is 8.08. The zero-order valence-electron chi connectivity index (χ0n) is 12.7. The van der Waals surface area contributed by atoms with E-state index >= 15 is 0 Å². The van der Waals surface area contributed by atoms with Crippen molar-refractivity contribution < 1.29 is 14.7 Å². The molecule has 1 amide bonds. The molecule has 6 nitrogen and oxygen atoms in total. The van der Waals surface area contributed by atoms with Crippen molar-refractivity contribution in [2.24, 2.45) is 0 Å². The van der Waals surface area contributed by atoms with Crippen LogP contribution in [0.2, 0.25) is 0 Å². The summed E-state index contributed by atoms with van der Waals surface area (Å²) in [6.45, 7) is 0. The van der Waals surface area contributed by atoms with Crippen LogP contribution in [-0.2, 0) is 4.79 Å². The molecule has 1 aromatic carbocycles. The van der Waals surface area contributed by atoms with Crippen molar-refractivity contribution in [3.63, 3.8) is 0 Å². The zero-order valence-corrected chi connectivity index (χ0v) is 12.7. The SMILES string of the molecule is N#C/C(=C/Nc1ccc(C(=O)O)cc1)C(=O)NC1CCCCC1. The maximum atomic E-state index is 12.1. The number of amides is 1. The minimum absolute atomic E-state index is 0.00196. The molecule has 1 fully saturated rings. The van der Waals surface area contributed by atoms with Crippen LogP contribution >= 0.6 is 0 Å². The second-order valence-corrected chi connectivity index (χ2v) is 5.51. The Bertz CT molecular complexity index is 638. The van der Waals surface area contributed by atoms with Gasteiger partial charge in [-0.25, -0.2) is 4.79 Å². The number of carbonyl (C=O) groups is 2. The van der Waals surface area contributed by atoms with Gasteiger partial charge in [0.25, 0.3) is 5.91 Å². The van der Waals surface area contributed by atoms with Gasteiger partial charge in [-0.3, -0.25) is 4.79 Å². The van der Waals surface area contributed by atoms with Crippen LogP contribution in [0.1, 0.15) is 42.5 Å². The normalized spacial score (nSPS) is 15.5. The second-order valence-electron chi connectivity index (χ2n) is 5.51. The molecule has 120 valence electrons. The number of nitrogens with one attached hydrogen (secondary N) is 2. The van der Waals surface area contributed by atoms with Crippen LogP contribution in [0.3, 0.4) is 0 Å². The highest BCUT2D eigenvalue weighted by molar-refractivity contribution is 5.97. The van der Waals surface area contributed by atoms with Gasteiger partial charge in [0.15, 0.2) is 0 Å². The lowest BCUT2D eigenvalue weighted by molar-refractivity contribution is -0.118. The first-order valence-electron chi connectivity index (χ1n) is 7.61. The zero-order chi connectivity index (χ0) is 16.7. The molecule has 0 bridgehead atoms. The van der Waals surface area contributed by atoms with Gasteiger partial charge >= 0.3 is 5.97 Å². The molecule has 0 unspecified atom stereocenters. The smallest absolute Gasteiger partial charge is 0.335 e. The number of benzene rings is 1. The third-order valence-electron chi connectivity index (χ3n) is 3.82. The largest absolute Gasteiger partial charge is 0.478 e. The van der Waals surface area contributed by atoms with Crippen LogP contribution < -0.4 is 10.6 Å². The molecule has 2 rings (SSSR count). The predicted octanol–water partition coefficient (Wildman–Crippen LogP) is 2.65. The Hall–Kier alpha value is -2.81. The Morgan fingerprint density at radius 2 is 1.83 bits per heavy atom. The van der Waals surface area contributed by atoms with E-state index in [0.29, 0.717) is 5.69 Å². The molecule has 6 heteroatoms. The molecule has 0 heterocycles. The van der Waals surface area contributed by atoms with Crippen molar-refractivity contribution in [1.82, 2.24) is 5.32 Å². The number of nitriles is 1. The van der Waals surface area contributed by atoms with E-state index in [1.807, 2.05) is 6.07 Å². The molecule has 1 aliphatic carbocycles. The van der Waals surface area contributed by atoms with Gasteiger partial charge in [0.2, 0.25) is 0 Å². The fraction of sp³-hybridized carbons (Fsp3) is 0.353. The molecule has 0 spiro atoms. The average Bonchev–Trinajstić information content (AvgIpc) is 2.56. The number of hydrogen-bond donors (Lipinski definition) is 3. The molecule has 0 radical (unpaired) electrons. The van der Waals surface area contributed by atoms with E-state index in [2.05, 4.69) is 10.6 Å². The number of hydrogen-bond acceptors (Lipinski definition) is 4. The summed E-state index contributed by atoms with van der Waals surface area (Å²) in [4.78, 5) is 22.9. The van der Waals surface area contributed by atoms with Crippen molar-refractivity contribution in [2.45, 2.75) is 38.1 Å². The number of carboxylic acids is 1. The van der Waals surface area contributed by atoms with Crippen molar-refractivity contribution in [3.05, 3.63) is 41.6 Å². The fourth-order valence-electron chi connectivity index (χ4n) is 2.52. The van der Waals surface area contributed by atoms with Crippen molar-refractivity contribution in [3.8, 4) is 6.07 Å². The predicted molar refractivity (Wildman–Crippen MR) is 85.7 cm³/mol. The van der Waals surface area contributed by atoms with Crippen LogP contribution in [0.25, 0.3) is 0 Å². The van der Waals surface area contributed by atoms with E-state index in [4.69, 9.17) is 10.4 Å². The molecule has 23 heavy (non-hydrogen) atoms. The molecule has 1 aromatic rings. The quantitative estimate of drug-likeness (QED) is 0.573. The van der Waals surface area contributed by atoms with Crippen LogP contribution in [-0.4, -0.2) is 23.0 Å². The summed E-state index contributed by atoms with van der Waals surface area (Å²) in [5, 5.41) is 23.7. The molecule has 0 saturated heterocycles. The number of aromatic carboxylic acids is 1. The molecule has 0 aliphatic heterocycles. The average molecular weight is 313 g/mol. The van der Waals surface area contributed by atoms with Gasteiger partial charge in [-0.15, -0.1) is 0 Å². The summed E-state index contributed by atoms with van der Waals surface area (Å²) in [5.41, 5.74) is 0.779. The third kappa shape index (κ3) is 4.85. The topological polar surface area (TPSA) is 102 Å². The van der Waals surface area contributed by atoms with Gasteiger partial charge in [0, 0.05) is 17.9 Å². The number of rotatable bonds is 5. The summed E-state index contributed by atoms with van der Waals surface area (Å²) in [5.74, 6) is -1.38. The van der Waals surface area contributed by atoms with Crippen LogP contribution in [0.5, 0.6) is 0 Å². The lowest BCUT2D eigenvalue weighted by Crippen LogP contribution is -2.37. The van der Waals surface area contributed by atoms with Crippen molar-refractivity contribution >= 4 is 17.6 Å². The van der Waals surface area contributed by atoms with Gasteiger partial charge < -0.3 is 15.7 Å². The van der Waals surface area contributed by atoms with E-state index in [1.54, 1.807) is 12.1 Å². The molecular formula is C17H19N3O3. The van der Waals surface area contributed by atoms with E-state index < -0.39 is 5.97 Å². The molecular weight excluding hydrogens is 294 g/mol. The van der Waals surface area contributed by atoms with Crippen LogP contribution in [0, 0.1) is 11.3 Å². The van der Waals surface area contributed by atoms with Crippen molar-refractivity contribution in [2.75, 3.05) is 5.32 Å². The molecule has 1 saturated carbocycles. The standard InChI is InChI=1S/C17H19N3O3/c18-10-13(16(21)20-15-4-2-1-3-5-15)11-19-14-8-6-12(7-9-14)17(22)23/h6-9,11,15,19H,1-5H2,(H,20,21)(H,22,23)/b13-11-. The minimum atomic E-state index is -1.00. The Morgan fingerprint density at radius 1 is 1.17 bits per heavy atom. The van der Waals surface area contributed by atoms with Crippen LogP contribution in [0.4, 0.5) is 5.69 Å². The molecule has 0 aromatic heterocycles. The Balaban J connectivity index is 1.96. The number of carboxylic acid groups (broad SMARTS) is 1. The first-order chi connectivity index (χ1) is 11.1.